The Balaban J connectivity index is 0.000000357. The Morgan fingerprint density at radius 3 is 1.29 bits per heavy atom. The van der Waals surface area contributed by atoms with Crippen LogP contribution in [0.15, 0.2) is 161 Å². The maximum Gasteiger partial charge on any atom is 1.00 e. The maximum absolute atomic E-state index is 13.9. The number of pyridine rings is 2. The molecule has 28 heteroatoms. The Morgan fingerprint density at radius 1 is 0.527 bits per heavy atom. The van der Waals surface area contributed by atoms with Gasteiger partial charge in [-0.05, 0) is 202 Å². The second-order valence-electron chi connectivity index (χ2n) is 22.3. The number of hydrogen-bond acceptors (Lipinski definition) is 20. The van der Waals surface area contributed by atoms with Crippen LogP contribution in [0.4, 0.5) is 0 Å². The topological polar surface area (TPSA) is 347 Å². The van der Waals surface area contributed by atoms with Crippen molar-refractivity contribution in [2.75, 3.05) is 0 Å². The minimum Gasteiger partial charge on any atom is -0.550 e. The molecule has 93 heavy (non-hydrogen) atoms. The van der Waals surface area contributed by atoms with E-state index in [0.29, 0.717) is 18.2 Å². The normalized spacial score (nSPS) is 16.8. The zero-order chi connectivity index (χ0) is 64.8. The SMILES string of the molecule is C.CC(=O)O.CC(=O)OOC(C)=O.CC(=O)[O-].NC1CCc2cc(S(=O)(=O)c3ccc(C4CC4)cc3S(=O)(=O)c3ccccn3)ccc21.O=C1CCCC1.O=S(=O)(c1ccc2c(c1)CCC2NC1CCCC1)c1ccc(C2CC2)cc1S(=O)(=O)c1ccccn1.[B].[B].[Na+]. The van der Waals surface area contributed by atoms with E-state index in [4.69, 9.17) is 25.5 Å². The Morgan fingerprint density at radius 2 is 0.925 bits per heavy atom. The van der Waals surface area contributed by atoms with E-state index in [1.807, 2.05) is 6.07 Å². The fourth-order valence-corrected chi connectivity index (χ4v) is 17.4. The van der Waals surface area contributed by atoms with Gasteiger partial charge in [0.1, 0.15) is 5.78 Å². The first-order valence-electron chi connectivity index (χ1n) is 29.2. The minimum atomic E-state index is -4.12. The number of carbonyl (C=O) groups is 5. The number of aromatic nitrogens is 2. The monoisotopic (exact) mass is 1360 g/mol. The average Bonchev–Trinajstić information content (AvgIpc) is 1.70. The van der Waals surface area contributed by atoms with Crippen molar-refractivity contribution in [3.05, 3.63) is 155 Å². The number of rotatable bonds is 12. The first kappa shape index (κ1) is 80.8. The van der Waals surface area contributed by atoms with Gasteiger partial charge in [-0.2, -0.15) is 0 Å². The van der Waals surface area contributed by atoms with Crippen LogP contribution in [0.2, 0.25) is 0 Å². The van der Waals surface area contributed by atoms with E-state index < -0.39 is 63.2 Å². The summed E-state index contributed by atoms with van der Waals surface area (Å²) in [5.41, 5.74) is 11.8. The van der Waals surface area contributed by atoms with Crippen LogP contribution < -0.4 is 45.7 Å². The molecule has 12 rings (SSSR count). The van der Waals surface area contributed by atoms with Crippen molar-refractivity contribution in [3.8, 4) is 0 Å². The number of aryl methyl sites for hydroxylation is 2. The second-order valence-corrected chi connectivity index (χ2v) is 29.9. The van der Waals surface area contributed by atoms with E-state index >= 15 is 0 Å². The van der Waals surface area contributed by atoms with Crippen molar-refractivity contribution in [1.29, 1.82) is 0 Å². The summed E-state index contributed by atoms with van der Waals surface area (Å²) in [6.07, 6.45) is 18.8. The van der Waals surface area contributed by atoms with Crippen LogP contribution in [-0.4, -0.2) is 101 Å². The standard InChI is InChI=1S/C28H30N2O4S2.C23H22N2O4S2.C5H8O.C4H6O4.2C2H4O2.CH4.2B.Na/c31-35(32,23-12-13-24-21(17-23)10-14-25(24)30-22-5-1-2-6-22)26-15-11-20(19-8-9-19)18-27(26)36(33,34)28-7-3-4-16-29-28;24-20-10-6-17-13-18(8-9-19(17)20)30(26,27)21-11-7-16(15-4-5-15)14-22(21)31(28,29)23-3-1-2-12-25-23;6-5-3-1-2-4-5;1-3(5)7-8-4(2)6;2*1-2(3)4;;;;/h3-4,7,11-13,15-19,22,25,30H,1-2,5-6,8-10,14H2;1-3,7-9,11-15,20H,4-6,10,24H2;1-4H2;1-2H3;2*1H3,(H,3,4);1H4;;;/q;;;;;;;;;+1/p-1. The van der Waals surface area contributed by atoms with Gasteiger partial charge in [0, 0.05) is 86.9 Å². The number of Topliss-reactive ketones (excluding diaryl/α,β-unsaturated/α-hetero) is 1. The maximum atomic E-state index is 13.9. The quantitative estimate of drug-likeness (QED) is 0.0762. The molecule has 0 saturated heterocycles. The summed E-state index contributed by atoms with van der Waals surface area (Å²) < 4.78 is 109. The van der Waals surface area contributed by atoms with E-state index in [-0.39, 0.29) is 117 Å². The molecule has 6 aromatic rings. The van der Waals surface area contributed by atoms with E-state index in [0.717, 1.165) is 132 Å². The van der Waals surface area contributed by atoms with Gasteiger partial charge in [-0.3, -0.25) is 9.59 Å². The zero-order valence-corrected chi connectivity index (χ0v) is 57.3. The summed E-state index contributed by atoms with van der Waals surface area (Å²) in [7, 11) is -16.4. The number of hydrogen-bond donors (Lipinski definition) is 3. The third-order valence-corrected chi connectivity index (χ3v) is 22.6. The van der Waals surface area contributed by atoms with Crippen molar-refractivity contribution in [1.82, 2.24) is 15.3 Å². The number of nitrogens with two attached hydrogens (primary N) is 1. The first-order valence-corrected chi connectivity index (χ1v) is 35.2. The van der Waals surface area contributed by atoms with Crippen molar-refractivity contribution < 1.29 is 107 Å². The molecule has 0 bridgehead atoms. The predicted octanol–water partition coefficient (Wildman–Crippen LogP) is 5.60. The van der Waals surface area contributed by atoms with Crippen molar-refractivity contribution >= 4 is 85.8 Å². The number of fused-ring (bicyclic) bond motifs is 2. The summed E-state index contributed by atoms with van der Waals surface area (Å²) in [5, 5.41) is 19.7. The Bertz CT molecular complexity index is 4000. The summed E-state index contributed by atoms with van der Waals surface area (Å²) in [6.45, 7) is 4.34. The number of carbonyl (C=O) groups excluding carboxylic acids is 4. The molecule has 4 aromatic carbocycles. The van der Waals surface area contributed by atoms with Crippen molar-refractivity contribution in [2.45, 2.75) is 207 Å². The summed E-state index contributed by atoms with van der Waals surface area (Å²) >= 11 is 0. The van der Waals surface area contributed by atoms with E-state index in [2.05, 4.69) is 25.1 Å². The molecule has 0 spiro atoms. The van der Waals surface area contributed by atoms with Crippen LogP contribution in [0, 0.1) is 0 Å². The van der Waals surface area contributed by atoms with E-state index in [9.17, 15) is 48.1 Å². The van der Waals surface area contributed by atoms with E-state index in [1.165, 1.54) is 74.5 Å². The number of benzene rings is 4. The van der Waals surface area contributed by atoms with Crippen LogP contribution in [0.25, 0.3) is 0 Å². The Kier molecular flexibility index (Phi) is 31.2. The third-order valence-electron chi connectivity index (χ3n) is 15.3. The molecule has 2 atom stereocenters. The number of aliphatic carboxylic acids is 2. The summed E-state index contributed by atoms with van der Waals surface area (Å²) in [4.78, 5) is 62.9. The van der Waals surface area contributed by atoms with Crippen molar-refractivity contribution in [2.24, 2.45) is 5.73 Å². The zero-order valence-electron chi connectivity index (χ0n) is 52.0. The molecule has 2 heterocycles. The molecule has 4 saturated carbocycles. The van der Waals surface area contributed by atoms with E-state index in [1.54, 1.807) is 66.7 Å². The second kappa shape index (κ2) is 35.9. The molecule has 6 radical (unpaired) electrons. The van der Waals surface area contributed by atoms with Gasteiger partial charge in [0.05, 0.1) is 29.4 Å². The van der Waals surface area contributed by atoms with Gasteiger partial charge in [0.25, 0.3) is 5.97 Å². The Labute approximate surface area is 571 Å². The molecule has 21 nitrogen and oxygen atoms in total. The molecule has 0 aliphatic heterocycles. The number of ketones is 1. The third kappa shape index (κ3) is 22.1. The molecule has 4 fully saturated rings. The smallest absolute Gasteiger partial charge is 0.550 e. The van der Waals surface area contributed by atoms with Crippen LogP contribution in [0.1, 0.15) is 182 Å². The predicted molar refractivity (Wildman–Crippen MR) is 341 cm³/mol. The molecule has 6 aliphatic rings. The number of carboxylic acid groups (broad SMARTS) is 2. The molecular weight excluding hydrogens is 1280 g/mol. The van der Waals surface area contributed by atoms with Gasteiger partial charge in [0.2, 0.25) is 39.3 Å². The largest absolute Gasteiger partial charge is 1.00 e. The molecule has 2 aromatic heterocycles. The summed E-state index contributed by atoms with van der Waals surface area (Å²) in [5.74, 6) is -2.19. The minimum absolute atomic E-state index is 0. The number of nitrogens with one attached hydrogen (secondary N) is 1. The van der Waals surface area contributed by atoms with Gasteiger partial charge in [-0.1, -0.05) is 56.7 Å². The summed E-state index contributed by atoms with van der Waals surface area (Å²) in [6, 6.07) is 29.5. The molecular formula is C65H77B2N4NaO17S4. The van der Waals surface area contributed by atoms with Crippen molar-refractivity contribution in [3.63, 3.8) is 0 Å². The van der Waals surface area contributed by atoms with Gasteiger partial charge in [-0.25, -0.2) is 63.0 Å². The van der Waals surface area contributed by atoms with Crippen LogP contribution in [0.5, 0.6) is 0 Å². The fraction of sp³-hybridized carbons (Fsp3) is 0.400. The molecule has 4 N–H and O–H groups in total. The van der Waals surface area contributed by atoms with Crippen LogP contribution in [0.3, 0.4) is 0 Å². The molecule has 0 amide bonds. The number of nitrogens with zero attached hydrogens (tertiary/aromatic N) is 2. The molecule has 490 valence electrons. The van der Waals surface area contributed by atoms with Gasteiger partial charge >= 0.3 is 41.5 Å². The Hall–Kier alpha value is -6.42. The fourth-order valence-electron chi connectivity index (χ4n) is 10.7. The number of sulfone groups is 4. The first-order chi connectivity index (χ1) is 42.1. The van der Waals surface area contributed by atoms with Gasteiger partial charge < -0.3 is 26.1 Å². The number of carboxylic acids is 2. The van der Waals surface area contributed by atoms with Gasteiger partial charge in [0.15, 0.2) is 10.1 Å². The van der Waals surface area contributed by atoms with Crippen LogP contribution >= 0.6 is 0 Å². The van der Waals surface area contributed by atoms with Gasteiger partial charge in [-0.15, -0.1) is 0 Å². The van der Waals surface area contributed by atoms with Crippen LogP contribution in [-0.2, 0) is 85.9 Å². The molecule has 6 aliphatic carbocycles. The molecule has 2 unspecified atom stereocenters. The average molecular weight is 1360 g/mol.